The summed E-state index contributed by atoms with van der Waals surface area (Å²) >= 11 is 3.52. The zero-order chi connectivity index (χ0) is 16.8. The van der Waals surface area contributed by atoms with Gasteiger partial charge in [-0.3, -0.25) is 4.79 Å². The molecule has 1 aliphatic carbocycles. The van der Waals surface area contributed by atoms with E-state index in [1.807, 2.05) is 26.0 Å². The van der Waals surface area contributed by atoms with Gasteiger partial charge in [-0.05, 0) is 50.3 Å². The molecule has 0 bridgehead atoms. The van der Waals surface area contributed by atoms with Crippen LogP contribution in [0.5, 0.6) is 11.5 Å². The lowest BCUT2D eigenvalue weighted by Gasteiger charge is -2.17. The molecule has 3 N–H and O–H groups in total. The maximum absolute atomic E-state index is 12.3. The van der Waals surface area contributed by atoms with Gasteiger partial charge in [0, 0.05) is 17.1 Å². The van der Waals surface area contributed by atoms with Crippen LogP contribution in [0.25, 0.3) is 0 Å². The first-order valence-corrected chi connectivity index (χ1v) is 8.95. The number of halogens is 1. The number of carbonyl (C=O) groups is 1. The Morgan fingerprint density at radius 3 is 2.43 bits per heavy atom. The second-order valence-electron chi connectivity index (χ2n) is 5.68. The predicted octanol–water partition coefficient (Wildman–Crippen LogP) is 2.64. The molecule has 5 nitrogen and oxygen atoms in total. The Hall–Kier alpha value is -1.27. The molecule has 23 heavy (non-hydrogen) atoms. The number of amides is 1. The lowest BCUT2D eigenvalue weighted by Crippen LogP contribution is -2.42. The Morgan fingerprint density at radius 2 is 1.91 bits per heavy atom. The van der Waals surface area contributed by atoms with Crippen LogP contribution in [0.15, 0.2) is 16.6 Å². The third-order valence-electron chi connectivity index (χ3n) is 3.85. The standard InChI is InChI=1S/C17H25BrN2O3/c1-3-22-15-7-12(13(18)9-16(15)23-4-2)8-17(21)20-14(10-19)11-5-6-11/h7,9,11,14H,3-6,8,10,19H2,1-2H3,(H,20,21). The molecule has 1 fully saturated rings. The van der Waals surface area contributed by atoms with Crippen LogP contribution < -0.4 is 20.5 Å². The molecule has 1 unspecified atom stereocenters. The fourth-order valence-electron chi connectivity index (χ4n) is 2.55. The van der Waals surface area contributed by atoms with Crippen LogP contribution in [0.1, 0.15) is 32.3 Å². The van der Waals surface area contributed by atoms with Crippen molar-refractivity contribution in [1.29, 1.82) is 0 Å². The number of carbonyl (C=O) groups excluding carboxylic acids is 1. The molecule has 0 aliphatic heterocycles. The number of ether oxygens (including phenoxy) is 2. The molecule has 2 rings (SSSR count). The fourth-order valence-corrected chi connectivity index (χ4v) is 3.01. The van der Waals surface area contributed by atoms with Crippen molar-refractivity contribution in [2.24, 2.45) is 11.7 Å². The normalized spacial score (nSPS) is 15.1. The zero-order valence-corrected chi connectivity index (χ0v) is 15.3. The van der Waals surface area contributed by atoms with Gasteiger partial charge in [0.25, 0.3) is 0 Å². The first kappa shape index (κ1) is 18.1. The molecule has 1 aromatic carbocycles. The van der Waals surface area contributed by atoms with Gasteiger partial charge in [0.2, 0.25) is 5.91 Å². The molecular formula is C17H25BrN2O3. The molecule has 0 heterocycles. The zero-order valence-electron chi connectivity index (χ0n) is 13.7. The number of nitrogens with one attached hydrogen (secondary N) is 1. The predicted molar refractivity (Wildman–Crippen MR) is 93.9 cm³/mol. The van der Waals surface area contributed by atoms with Gasteiger partial charge in [0.1, 0.15) is 0 Å². The number of hydrogen-bond acceptors (Lipinski definition) is 4. The first-order valence-electron chi connectivity index (χ1n) is 8.16. The van der Waals surface area contributed by atoms with Gasteiger partial charge in [-0.1, -0.05) is 15.9 Å². The van der Waals surface area contributed by atoms with Crippen molar-refractivity contribution >= 4 is 21.8 Å². The van der Waals surface area contributed by atoms with E-state index in [4.69, 9.17) is 15.2 Å². The van der Waals surface area contributed by atoms with E-state index in [-0.39, 0.29) is 18.4 Å². The van der Waals surface area contributed by atoms with E-state index in [2.05, 4.69) is 21.2 Å². The van der Waals surface area contributed by atoms with Crippen molar-refractivity contribution in [2.75, 3.05) is 19.8 Å². The molecule has 0 radical (unpaired) electrons. The van der Waals surface area contributed by atoms with Gasteiger partial charge in [-0.25, -0.2) is 0 Å². The van der Waals surface area contributed by atoms with E-state index in [0.29, 0.717) is 37.2 Å². The Morgan fingerprint density at radius 1 is 1.30 bits per heavy atom. The Bertz CT molecular complexity index is 547. The highest BCUT2D eigenvalue weighted by atomic mass is 79.9. The maximum Gasteiger partial charge on any atom is 0.224 e. The molecule has 1 atom stereocenters. The average molecular weight is 385 g/mol. The third-order valence-corrected chi connectivity index (χ3v) is 4.59. The largest absolute Gasteiger partial charge is 0.490 e. The SMILES string of the molecule is CCOc1cc(Br)c(CC(=O)NC(CN)C2CC2)cc1OCC. The fraction of sp³-hybridized carbons (Fsp3) is 0.588. The van der Waals surface area contributed by atoms with E-state index in [1.165, 1.54) is 0 Å². The van der Waals surface area contributed by atoms with Gasteiger partial charge < -0.3 is 20.5 Å². The van der Waals surface area contributed by atoms with Gasteiger partial charge in [-0.2, -0.15) is 0 Å². The van der Waals surface area contributed by atoms with Crippen LogP contribution in [0.3, 0.4) is 0 Å². The Balaban J connectivity index is 2.08. The summed E-state index contributed by atoms with van der Waals surface area (Å²) in [6.45, 7) is 5.45. The summed E-state index contributed by atoms with van der Waals surface area (Å²) in [5, 5.41) is 3.04. The smallest absolute Gasteiger partial charge is 0.224 e. The molecule has 1 amide bonds. The molecule has 0 spiro atoms. The molecule has 0 saturated heterocycles. The quantitative estimate of drug-likeness (QED) is 0.686. The van der Waals surface area contributed by atoms with Crippen molar-refractivity contribution in [1.82, 2.24) is 5.32 Å². The number of benzene rings is 1. The lowest BCUT2D eigenvalue weighted by atomic mass is 10.1. The summed E-state index contributed by atoms with van der Waals surface area (Å²) in [7, 11) is 0. The number of nitrogens with two attached hydrogens (primary N) is 1. The molecule has 1 aliphatic rings. The summed E-state index contributed by atoms with van der Waals surface area (Å²) in [4.78, 5) is 12.3. The minimum absolute atomic E-state index is 0.0142. The van der Waals surface area contributed by atoms with Crippen molar-refractivity contribution in [3.63, 3.8) is 0 Å². The second kappa shape index (κ2) is 8.55. The van der Waals surface area contributed by atoms with E-state index in [1.54, 1.807) is 0 Å². The third kappa shape index (κ3) is 5.11. The van der Waals surface area contributed by atoms with Crippen molar-refractivity contribution < 1.29 is 14.3 Å². The highest BCUT2D eigenvalue weighted by Gasteiger charge is 2.31. The first-order chi connectivity index (χ1) is 11.1. The highest BCUT2D eigenvalue weighted by Crippen LogP contribution is 2.35. The van der Waals surface area contributed by atoms with Crippen molar-refractivity contribution in [2.45, 2.75) is 39.2 Å². The van der Waals surface area contributed by atoms with Crippen LogP contribution >= 0.6 is 15.9 Å². The van der Waals surface area contributed by atoms with E-state index < -0.39 is 0 Å². The number of rotatable bonds is 9. The minimum Gasteiger partial charge on any atom is -0.490 e. The molecular weight excluding hydrogens is 360 g/mol. The average Bonchev–Trinajstić information content (AvgIpc) is 3.34. The van der Waals surface area contributed by atoms with Crippen LogP contribution in [-0.2, 0) is 11.2 Å². The monoisotopic (exact) mass is 384 g/mol. The summed E-state index contributed by atoms with van der Waals surface area (Å²) in [6.07, 6.45) is 2.60. The molecule has 6 heteroatoms. The van der Waals surface area contributed by atoms with E-state index in [0.717, 1.165) is 22.9 Å². The van der Waals surface area contributed by atoms with Crippen LogP contribution in [-0.4, -0.2) is 31.7 Å². The van der Waals surface area contributed by atoms with Gasteiger partial charge >= 0.3 is 0 Å². The summed E-state index contributed by atoms with van der Waals surface area (Å²) in [5.41, 5.74) is 6.62. The molecule has 0 aromatic heterocycles. The Kier molecular flexibility index (Phi) is 6.72. The number of hydrogen-bond donors (Lipinski definition) is 2. The highest BCUT2D eigenvalue weighted by molar-refractivity contribution is 9.10. The summed E-state index contributed by atoms with van der Waals surface area (Å²) < 4.78 is 12.0. The molecule has 1 saturated carbocycles. The minimum atomic E-state index is -0.0142. The lowest BCUT2D eigenvalue weighted by molar-refractivity contribution is -0.121. The van der Waals surface area contributed by atoms with Crippen molar-refractivity contribution in [3.8, 4) is 11.5 Å². The van der Waals surface area contributed by atoms with Gasteiger partial charge in [0.05, 0.1) is 19.6 Å². The van der Waals surface area contributed by atoms with Crippen LogP contribution in [0, 0.1) is 5.92 Å². The van der Waals surface area contributed by atoms with E-state index in [9.17, 15) is 4.79 Å². The van der Waals surface area contributed by atoms with Crippen LogP contribution in [0.4, 0.5) is 0 Å². The van der Waals surface area contributed by atoms with Gasteiger partial charge in [-0.15, -0.1) is 0 Å². The Labute approximate surface area is 146 Å². The van der Waals surface area contributed by atoms with Gasteiger partial charge in [0.15, 0.2) is 11.5 Å². The topological polar surface area (TPSA) is 73.6 Å². The maximum atomic E-state index is 12.3. The second-order valence-corrected chi connectivity index (χ2v) is 6.53. The van der Waals surface area contributed by atoms with E-state index >= 15 is 0 Å². The molecule has 1 aromatic rings. The molecule has 128 valence electrons. The van der Waals surface area contributed by atoms with Crippen molar-refractivity contribution in [3.05, 3.63) is 22.2 Å². The summed E-state index contributed by atoms with van der Waals surface area (Å²) in [6, 6.07) is 3.82. The summed E-state index contributed by atoms with van der Waals surface area (Å²) in [5.74, 6) is 1.88. The van der Waals surface area contributed by atoms with Crippen LogP contribution in [0.2, 0.25) is 0 Å².